The van der Waals surface area contributed by atoms with Gasteiger partial charge in [-0.3, -0.25) is 0 Å². The molecule has 0 heterocycles. The van der Waals surface area contributed by atoms with E-state index in [1.165, 1.54) is 19.2 Å². The van der Waals surface area contributed by atoms with Crippen molar-refractivity contribution in [2.45, 2.75) is 26.1 Å². The van der Waals surface area contributed by atoms with Gasteiger partial charge in [0.05, 0.1) is 25.3 Å². The molecule has 0 fully saturated rings. The van der Waals surface area contributed by atoms with E-state index < -0.39 is 17.9 Å². The number of ether oxygens (including phenoxy) is 4. The van der Waals surface area contributed by atoms with Gasteiger partial charge >= 0.3 is 12.3 Å². The molecule has 0 atom stereocenters. The average Bonchev–Trinajstić information content (AvgIpc) is 2.65. The Balaban J connectivity index is 2.35. The van der Waals surface area contributed by atoms with E-state index >= 15 is 0 Å². The van der Waals surface area contributed by atoms with Gasteiger partial charge in [-0.15, -0.1) is 0 Å². The normalized spacial score (nSPS) is 11.0. The van der Waals surface area contributed by atoms with Crippen LogP contribution in [0.3, 0.4) is 0 Å². The Hall–Kier alpha value is -2.90. The van der Waals surface area contributed by atoms with Crippen LogP contribution >= 0.6 is 0 Å². The van der Waals surface area contributed by atoms with Crippen molar-refractivity contribution in [3.63, 3.8) is 0 Å². The summed E-state index contributed by atoms with van der Waals surface area (Å²) < 4.78 is 60.1. The maximum absolute atomic E-state index is 13.3. The van der Waals surface area contributed by atoms with Crippen LogP contribution in [0, 0.1) is 0 Å². The second-order valence-electron chi connectivity index (χ2n) is 5.46. The Morgan fingerprint density at radius 3 is 2.33 bits per heavy atom. The highest BCUT2D eigenvalue weighted by Crippen LogP contribution is 2.38. The first-order valence-electron chi connectivity index (χ1n) is 8.04. The van der Waals surface area contributed by atoms with Gasteiger partial charge in [0.25, 0.3) is 0 Å². The molecule has 2 aromatic rings. The SMILES string of the molecule is CCc1ccc(OCc2c(OC)cccc2OC(=O)OC)c(C(F)(F)F)c1. The largest absolute Gasteiger partial charge is 0.513 e. The second-order valence-corrected chi connectivity index (χ2v) is 5.46. The number of aryl methyl sites for hydroxylation is 1. The van der Waals surface area contributed by atoms with Gasteiger partial charge in [-0.2, -0.15) is 13.2 Å². The first-order chi connectivity index (χ1) is 12.8. The Kier molecular flexibility index (Phi) is 6.55. The number of hydrogen-bond acceptors (Lipinski definition) is 5. The third-order valence-electron chi connectivity index (χ3n) is 3.80. The van der Waals surface area contributed by atoms with Gasteiger partial charge < -0.3 is 18.9 Å². The lowest BCUT2D eigenvalue weighted by atomic mass is 10.1. The van der Waals surface area contributed by atoms with Gasteiger partial charge in [-0.1, -0.05) is 19.1 Å². The number of halogens is 3. The van der Waals surface area contributed by atoms with Crippen LogP contribution in [0.2, 0.25) is 0 Å². The van der Waals surface area contributed by atoms with Crippen molar-refractivity contribution in [1.82, 2.24) is 0 Å². The number of hydrogen-bond donors (Lipinski definition) is 0. The minimum Gasteiger partial charge on any atom is -0.496 e. The van der Waals surface area contributed by atoms with E-state index in [-0.39, 0.29) is 23.7 Å². The molecule has 0 bridgehead atoms. The van der Waals surface area contributed by atoms with Crippen LogP contribution in [-0.2, 0) is 23.9 Å². The third-order valence-corrected chi connectivity index (χ3v) is 3.80. The summed E-state index contributed by atoms with van der Waals surface area (Å²) in [7, 11) is 2.53. The quantitative estimate of drug-likeness (QED) is 0.518. The number of rotatable bonds is 6. The van der Waals surface area contributed by atoms with E-state index in [1.54, 1.807) is 25.1 Å². The fraction of sp³-hybridized carbons (Fsp3) is 0.316. The summed E-state index contributed by atoms with van der Waals surface area (Å²) >= 11 is 0. The van der Waals surface area contributed by atoms with E-state index in [0.29, 0.717) is 17.7 Å². The first-order valence-corrected chi connectivity index (χ1v) is 8.04. The summed E-state index contributed by atoms with van der Waals surface area (Å²) in [6, 6.07) is 8.51. The predicted octanol–water partition coefficient (Wildman–Crippen LogP) is 5.00. The lowest BCUT2D eigenvalue weighted by Gasteiger charge is -2.17. The highest BCUT2D eigenvalue weighted by atomic mass is 19.4. The first kappa shape index (κ1) is 20.4. The van der Waals surface area contributed by atoms with Gasteiger partial charge in [0.2, 0.25) is 0 Å². The van der Waals surface area contributed by atoms with E-state index in [4.69, 9.17) is 14.2 Å². The molecule has 0 saturated carbocycles. The van der Waals surface area contributed by atoms with E-state index in [1.807, 2.05) is 0 Å². The molecule has 0 saturated heterocycles. The molecule has 0 aliphatic heterocycles. The van der Waals surface area contributed by atoms with Crippen LogP contribution < -0.4 is 14.2 Å². The molecule has 5 nitrogen and oxygen atoms in total. The Morgan fingerprint density at radius 2 is 1.74 bits per heavy atom. The maximum atomic E-state index is 13.3. The van der Waals surface area contributed by atoms with E-state index in [9.17, 15) is 18.0 Å². The molecule has 146 valence electrons. The van der Waals surface area contributed by atoms with Crippen molar-refractivity contribution in [2.24, 2.45) is 0 Å². The topological polar surface area (TPSA) is 54.0 Å². The van der Waals surface area contributed by atoms with Crippen molar-refractivity contribution < 1.29 is 36.9 Å². The van der Waals surface area contributed by atoms with Crippen LogP contribution in [0.4, 0.5) is 18.0 Å². The number of carbonyl (C=O) groups excluding carboxylic acids is 1. The summed E-state index contributed by atoms with van der Waals surface area (Å²) in [6.45, 7) is 1.46. The van der Waals surface area contributed by atoms with Crippen molar-refractivity contribution in [2.75, 3.05) is 14.2 Å². The van der Waals surface area contributed by atoms with Gasteiger partial charge in [-0.25, -0.2) is 4.79 Å². The summed E-state index contributed by atoms with van der Waals surface area (Å²) in [6.07, 6.45) is -5.06. The van der Waals surface area contributed by atoms with Crippen molar-refractivity contribution in [3.05, 3.63) is 53.1 Å². The molecular weight excluding hydrogens is 365 g/mol. The molecule has 0 unspecified atom stereocenters. The summed E-state index contributed by atoms with van der Waals surface area (Å²) in [4.78, 5) is 11.4. The number of methoxy groups -OCH3 is 2. The van der Waals surface area contributed by atoms with Gasteiger partial charge in [0, 0.05) is 0 Å². The zero-order chi connectivity index (χ0) is 20.0. The summed E-state index contributed by atoms with van der Waals surface area (Å²) in [5, 5.41) is 0. The third kappa shape index (κ3) is 5.06. The fourth-order valence-electron chi connectivity index (χ4n) is 2.40. The molecule has 27 heavy (non-hydrogen) atoms. The van der Waals surface area contributed by atoms with Gasteiger partial charge in [-0.05, 0) is 36.2 Å². The highest BCUT2D eigenvalue weighted by Gasteiger charge is 2.34. The smallest absolute Gasteiger partial charge is 0.496 e. The zero-order valence-electron chi connectivity index (χ0n) is 15.1. The fourth-order valence-corrected chi connectivity index (χ4v) is 2.40. The van der Waals surface area contributed by atoms with Crippen LogP contribution in [0.1, 0.15) is 23.6 Å². The lowest BCUT2D eigenvalue weighted by molar-refractivity contribution is -0.139. The molecule has 0 aliphatic rings. The van der Waals surface area contributed by atoms with E-state index in [0.717, 1.165) is 13.2 Å². The Labute approximate surface area is 154 Å². The standard InChI is InChI=1S/C19H19F3O5/c1-4-12-8-9-17(14(10-12)19(20,21)22)26-11-13-15(24-2)6-5-7-16(13)27-18(23)25-3/h5-10H,4,11H2,1-3H3. The Bertz CT molecular complexity index is 802. The molecule has 0 radical (unpaired) electrons. The molecule has 0 amide bonds. The predicted molar refractivity (Wildman–Crippen MR) is 91.2 cm³/mol. The minimum atomic E-state index is -4.56. The molecule has 0 aromatic heterocycles. The van der Waals surface area contributed by atoms with Gasteiger partial charge in [0.15, 0.2) is 0 Å². The second kappa shape index (κ2) is 8.66. The molecule has 0 N–H and O–H groups in total. The molecule has 0 spiro atoms. The van der Waals surface area contributed by atoms with Crippen LogP contribution in [0.25, 0.3) is 0 Å². The number of benzene rings is 2. The summed E-state index contributed by atoms with van der Waals surface area (Å²) in [5.74, 6) is 0.0460. The molecule has 2 aromatic carbocycles. The zero-order valence-corrected chi connectivity index (χ0v) is 15.1. The summed E-state index contributed by atoms with van der Waals surface area (Å²) in [5.41, 5.74) is -0.0491. The van der Waals surface area contributed by atoms with Crippen molar-refractivity contribution in [1.29, 1.82) is 0 Å². The lowest BCUT2D eigenvalue weighted by Crippen LogP contribution is -2.12. The van der Waals surface area contributed by atoms with Crippen molar-refractivity contribution >= 4 is 6.16 Å². The molecule has 0 aliphatic carbocycles. The van der Waals surface area contributed by atoms with Crippen LogP contribution in [0.15, 0.2) is 36.4 Å². The average molecular weight is 384 g/mol. The maximum Gasteiger partial charge on any atom is 0.513 e. The van der Waals surface area contributed by atoms with Crippen LogP contribution in [-0.4, -0.2) is 20.4 Å². The van der Waals surface area contributed by atoms with Crippen LogP contribution in [0.5, 0.6) is 17.2 Å². The van der Waals surface area contributed by atoms with Crippen molar-refractivity contribution in [3.8, 4) is 17.2 Å². The molecule has 2 rings (SSSR count). The van der Waals surface area contributed by atoms with Gasteiger partial charge in [0.1, 0.15) is 23.9 Å². The Morgan fingerprint density at radius 1 is 1.04 bits per heavy atom. The molecular formula is C19H19F3O5. The van der Waals surface area contributed by atoms with E-state index in [2.05, 4.69) is 4.74 Å². The highest BCUT2D eigenvalue weighted by molar-refractivity contribution is 5.65. The monoisotopic (exact) mass is 384 g/mol. The number of carbonyl (C=O) groups is 1. The minimum absolute atomic E-state index is 0.0694. The number of alkyl halides is 3. The molecule has 8 heteroatoms.